The average molecular weight is 288 g/mol. The first kappa shape index (κ1) is 13.3. The van der Waals surface area contributed by atoms with Gasteiger partial charge in [0.15, 0.2) is 0 Å². The highest BCUT2D eigenvalue weighted by Crippen LogP contribution is 2.11. The van der Waals surface area contributed by atoms with Crippen molar-refractivity contribution in [2.75, 3.05) is 6.61 Å². The monoisotopic (exact) mass is 288 g/mol. The third-order valence-corrected chi connectivity index (χ3v) is 3.19. The van der Waals surface area contributed by atoms with Crippen LogP contribution in [-0.4, -0.2) is 34.2 Å². The second-order valence-corrected chi connectivity index (χ2v) is 4.63. The van der Waals surface area contributed by atoms with Crippen molar-refractivity contribution in [3.63, 3.8) is 0 Å². The SMILES string of the molecule is O=C(Cn1cnc2ccccc2c1=O)O[C@H]1CCOC1=O. The Kier molecular flexibility index (Phi) is 3.39. The van der Waals surface area contributed by atoms with E-state index in [-0.39, 0.29) is 18.7 Å². The number of para-hydroxylation sites is 1. The molecular formula is C14H12N2O5. The maximum Gasteiger partial charge on any atom is 0.347 e. The molecule has 3 rings (SSSR count). The lowest BCUT2D eigenvalue weighted by Gasteiger charge is -2.09. The number of hydrogen-bond donors (Lipinski definition) is 0. The van der Waals surface area contributed by atoms with Gasteiger partial charge >= 0.3 is 11.9 Å². The zero-order valence-corrected chi connectivity index (χ0v) is 11.0. The quantitative estimate of drug-likeness (QED) is 0.753. The Bertz CT molecular complexity index is 767. The smallest absolute Gasteiger partial charge is 0.347 e. The number of ether oxygens (including phenoxy) is 2. The highest BCUT2D eigenvalue weighted by Gasteiger charge is 2.30. The summed E-state index contributed by atoms with van der Waals surface area (Å²) in [5.41, 5.74) is 0.234. The molecule has 2 aromatic rings. The third-order valence-electron chi connectivity index (χ3n) is 3.19. The summed E-state index contributed by atoms with van der Waals surface area (Å²) in [6.07, 6.45) is 0.760. The molecule has 7 heteroatoms. The van der Waals surface area contributed by atoms with Gasteiger partial charge in [0.25, 0.3) is 5.56 Å². The maximum absolute atomic E-state index is 12.2. The van der Waals surface area contributed by atoms with Gasteiger partial charge in [-0.05, 0) is 12.1 Å². The van der Waals surface area contributed by atoms with Gasteiger partial charge in [-0.1, -0.05) is 12.1 Å². The minimum atomic E-state index is -0.874. The Morgan fingerprint density at radius 1 is 1.38 bits per heavy atom. The number of carbonyl (C=O) groups is 2. The van der Waals surface area contributed by atoms with E-state index in [9.17, 15) is 14.4 Å². The first-order chi connectivity index (χ1) is 10.1. The topological polar surface area (TPSA) is 87.5 Å². The van der Waals surface area contributed by atoms with Gasteiger partial charge in [-0.3, -0.25) is 14.2 Å². The number of benzene rings is 1. The molecule has 1 fully saturated rings. The summed E-state index contributed by atoms with van der Waals surface area (Å²) in [5, 5.41) is 0.424. The van der Waals surface area contributed by atoms with Crippen molar-refractivity contribution in [1.82, 2.24) is 9.55 Å². The van der Waals surface area contributed by atoms with Gasteiger partial charge in [0.05, 0.1) is 23.8 Å². The number of aromatic nitrogens is 2. The average Bonchev–Trinajstić information content (AvgIpc) is 2.87. The summed E-state index contributed by atoms with van der Waals surface area (Å²) in [6.45, 7) is -0.0469. The fraction of sp³-hybridized carbons (Fsp3) is 0.286. The van der Waals surface area contributed by atoms with Crippen LogP contribution < -0.4 is 5.56 Å². The zero-order valence-electron chi connectivity index (χ0n) is 11.0. The van der Waals surface area contributed by atoms with Gasteiger partial charge in [-0.15, -0.1) is 0 Å². The Balaban J connectivity index is 1.78. The molecule has 0 aliphatic carbocycles. The van der Waals surface area contributed by atoms with Gasteiger partial charge in [0, 0.05) is 6.42 Å². The Morgan fingerprint density at radius 3 is 2.95 bits per heavy atom. The van der Waals surface area contributed by atoms with Crippen LogP contribution in [0.3, 0.4) is 0 Å². The van der Waals surface area contributed by atoms with E-state index in [1.807, 2.05) is 0 Å². The lowest BCUT2D eigenvalue weighted by atomic mass is 10.2. The van der Waals surface area contributed by atoms with E-state index in [0.717, 1.165) is 4.57 Å². The van der Waals surface area contributed by atoms with E-state index < -0.39 is 18.0 Å². The van der Waals surface area contributed by atoms with Gasteiger partial charge in [-0.2, -0.15) is 0 Å². The number of hydrogen-bond acceptors (Lipinski definition) is 6. The number of nitrogens with zero attached hydrogens (tertiary/aromatic N) is 2. The van der Waals surface area contributed by atoms with Crippen LogP contribution in [0.2, 0.25) is 0 Å². The molecule has 2 heterocycles. The summed E-state index contributed by atoms with van der Waals surface area (Å²) in [5.74, 6) is -1.22. The minimum absolute atomic E-state index is 0.244. The first-order valence-corrected chi connectivity index (χ1v) is 6.45. The number of rotatable bonds is 3. The Hall–Kier alpha value is -2.70. The molecule has 0 spiro atoms. The summed E-state index contributed by atoms with van der Waals surface area (Å²) < 4.78 is 10.9. The predicted molar refractivity (Wildman–Crippen MR) is 71.5 cm³/mol. The van der Waals surface area contributed by atoms with Crippen molar-refractivity contribution < 1.29 is 19.1 Å². The fourth-order valence-corrected chi connectivity index (χ4v) is 2.14. The van der Waals surface area contributed by atoms with Crippen LogP contribution in [0.4, 0.5) is 0 Å². The van der Waals surface area contributed by atoms with Crippen LogP contribution >= 0.6 is 0 Å². The van der Waals surface area contributed by atoms with E-state index >= 15 is 0 Å². The van der Waals surface area contributed by atoms with Crippen LogP contribution in [0.15, 0.2) is 35.4 Å². The molecule has 21 heavy (non-hydrogen) atoms. The molecule has 1 saturated heterocycles. The second kappa shape index (κ2) is 5.35. The first-order valence-electron chi connectivity index (χ1n) is 6.45. The number of cyclic esters (lactones) is 1. The lowest BCUT2D eigenvalue weighted by molar-refractivity contribution is -0.160. The molecule has 1 aliphatic rings. The van der Waals surface area contributed by atoms with Crippen molar-refractivity contribution in [2.24, 2.45) is 0 Å². The highest BCUT2D eigenvalue weighted by atomic mass is 16.6. The normalized spacial score (nSPS) is 17.7. The molecule has 0 bridgehead atoms. The molecule has 1 aliphatic heterocycles. The van der Waals surface area contributed by atoms with E-state index in [1.165, 1.54) is 6.33 Å². The van der Waals surface area contributed by atoms with E-state index in [0.29, 0.717) is 17.3 Å². The summed E-state index contributed by atoms with van der Waals surface area (Å²) in [6, 6.07) is 6.86. The minimum Gasteiger partial charge on any atom is -0.463 e. The third kappa shape index (κ3) is 2.62. The molecular weight excluding hydrogens is 276 g/mol. The van der Waals surface area contributed by atoms with Crippen LogP contribution in [0, 0.1) is 0 Å². The molecule has 1 atom stereocenters. The highest BCUT2D eigenvalue weighted by molar-refractivity contribution is 5.81. The van der Waals surface area contributed by atoms with Crippen LogP contribution in [0.5, 0.6) is 0 Å². The number of fused-ring (bicyclic) bond motifs is 1. The molecule has 1 aromatic heterocycles. The second-order valence-electron chi connectivity index (χ2n) is 4.63. The molecule has 0 N–H and O–H groups in total. The van der Waals surface area contributed by atoms with E-state index in [1.54, 1.807) is 24.3 Å². The van der Waals surface area contributed by atoms with Gasteiger partial charge in [-0.25, -0.2) is 9.78 Å². The van der Waals surface area contributed by atoms with Crippen molar-refractivity contribution >= 4 is 22.8 Å². The molecule has 0 unspecified atom stereocenters. The van der Waals surface area contributed by atoms with Crippen molar-refractivity contribution in [2.45, 2.75) is 19.1 Å². The van der Waals surface area contributed by atoms with Crippen LogP contribution in [0.1, 0.15) is 6.42 Å². The summed E-state index contributed by atoms with van der Waals surface area (Å²) in [4.78, 5) is 39.3. The fourth-order valence-electron chi connectivity index (χ4n) is 2.14. The van der Waals surface area contributed by atoms with E-state index in [2.05, 4.69) is 4.98 Å². The van der Waals surface area contributed by atoms with Crippen molar-refractivity contribution in [1.29, 1.82) is 0 Å². The Morgan fingerprint density at radius 2 is 2.19 bits per heavy atom. The lowest BCUT2D eigenvalue weighted by Crippen LogP contribution is -2.29. The molecule has 0 radical (unpaired) electrons. The van der Waals surface area contributed by atoms with Crippen LogP contribution in [0.25, 0.3) is 10.9 Å². The van der Waals surface area contributed by atoms with E-state index in [4.69, 9.17) is 9.47 Å². The predicted octanol–water partition coefficient (Wildman–Crippen LogP) is 0.255. The summed E-state index contributed by atoms with van der Waals surface area (Å²) in [7, 11) is 0. The summed E-state index contributed by atoms with van der Waals surface area (Å²) >= 11 is 0. The van der Waals surface area contributed by atoms with Gasteiger partial charge < -0.3 is 9.47 Å². The molecule has 0 saturated carbocycles. The molecule has 0 amide bonds. The number of carbonyl (C=O) groups excluding carboxylic acids is 2. The Labute approximate surface area is 119 Å². The molecule has 108 valence electrons. The standard InChI is InChI=1S/C14H12N2O5/c17-12(21-11-5-6-20-14(11)19)7-16-8-15-10-4-2-1-3-9(10)13(16)18/h1-4,8,11H,5-7H2/t11-/m0/s1. The molecule has 1 aromatic carbocycles. The van der Waals surface area contributed by atoms with Crippen LogP contribution in [-0.2, 0) is 25.6 Å². The zero-order chi connectivity index (χ0) is 14.8. The maximum atomic E-state index is 12.2. The van der Waals surface area contributed by atoms with Crippen molar-refractivity contribution in [3.05, 3.63) is 40.9 Å². The van der Waals surface area contributed by atoms with Crippen molar-refractivity contribution in [3.8, 4) is 0 Å². The number of esters is 2. The molecule has 7 nitrogen and oxygen atoms in total. The largest absolute Gasteiger partial charge is 0.463 e. The van der Waals surface area contributed by atoms with Gasteiger partial charge in [0.1, 0.15) is 6.54 Å². The van der Waals surface area contributed by atoms with Gasteiger partial charge in [0.2, 0.25) is 6.10 Å².